The third-order valence-electron chi connectivity index (χ3n) is 4.83. The fourth-order valence-electron chi connectivity index (χ4n) is 3.13. The van der Waals surface area contributed by atoms with E-state index in [0.717, 1.165) is 40.6 Å². The third kappa shape index (κ3) is 5.08. The lowest BCUT2D eigenvalue weighted by atomic mass is 9.93. The fourth-order valence-corrected chi connectivity index (χ4v) is 3.13. The van der Waals surface area contributed by atoms with Crippen LogP contribution in [0.3, 0.4) is 0 Å². The summed E-state index contributed by atoms with van der Waals surface area (Å²) in [4.78, 5) is 17.5. The number of rotatable bonds is 6. The highest BCUT2D eigenvalue weighted by Crippen LogP contribution is 2.28. The molecule has 1 aromatic heterocycles. The van der Waals surface area contributed by atoms with Gasteiger partial charge in [0, 0.05) is 22.6 Å². The molecular weight excluding hydrogens is 411 g/mol. The standard InChI is InChI=1S/C21H22N4O2.2ClH/c1-2-27-22-13-14-9-10-19-18(11-14)20(25-24-19)15-5-3-6-16(12-15)21(26)23-17-7-4-8-17;;/h3,5-6,9-13,17H,2,4,7-8H2,1H3,(H,23,26)(H,24,25);2*1H. The maximum atomic E-state index is 12.5. The predicted octanol–water partition coefficient (Wildman–Crippen LogP) is 4.73. The van der Waals surface area contributed by atoms with Crippen LogP contribution in [-0.2, 0) is 4.84 Å². The SMILES string of the molecule is CCON=Cc1ccc2[nH]nc(-c3cccc(C(=O)NC4CCC4)c3)c2c1.Cl.Cl. The summed E-state index contributed by atoms with van der Waals surface area (Å²) in [6.07, 6.45) is 5.02. The number of halogens is 2. The first-order chi connectivity index (χ1) is 13.2. The Hall–Kier alpha value is -2.57. The molecule has 1 aliphatic rings. The molecule has 4 rings (SSSR count). The quantitative estimate of drug-likeness (QED) is 0.434. The molecule has 0 radical (unpaired) electrons. The Kier molecular flexibility index (Phi) is 8.05. The molecule has 6 nitrogen and oxygen atoms in total. The number of nitrogens with one attached hydrogen (secondary N) is 2. The number of aromatic nitrogens is 2. The number of oxime groups is 1. The minimum atomic E-state index is -0.0223. The Morgan fingerprint density at radius 3 is 2.83 bits per heavy atom. The number of hydrogen-bond donors (Lipinski definition) is 2. The number of hydrogen-bond acceptors (Lipinski definition) is 4. The molecule has 8 heteroatoms. The van der Waals surface area contributed by atoms with E-state index in [1.807, 2.05) is 49.4 Å². The summed E-state index contributed by atoms with van der Waals surface area (Å²) in [6, 6.07) is 13.8. The Morgan fingerprint density at radius 1 is 1.28 bits per heavy atom. The van der Waals surface area contributed by atoms with Gasteiger partial charge in [-0.3, -0.25) is 9.89 Å². The van der Waals surface area contributed by atoms with Crippen molar-refractivity contribution in [3.05, 3.63) is 53.6 Å². The molecule has 2 aromatic carbocycles. The van der Waals surface area contributed by atoms with Gasteiger partial charge in [-0.25, -0.2) is 0 Å². The van der Waals surface area contributed by atoms with Gasteiger partial charge in [-0.05, 0) is 56.0 Å². The van der Waals surface area contributed by atoms with E-state index in [9.17, 15) is 4.79 Å². The molecule has 0 atom stereocenters. The van der Waals surface area contributed by atoms with Gasteiger partial charge in [0.25, 0.3) is 5.91 Å². The van der Waals surface area contributed by atoms with E-state index < -0.39 is 0 Å². The van der Waals surface area contributed by atoms with Gasteiger partial charge in [0.2, 0.25) is 0 Å². The summed E-state index contributed by atoms with van der Waals surface area (Å²) < 4.78 is 0. The Morgan fingerprint density at radius 2 is 2.10 bits per heavy atom. The van der Waals surface area contributed by atoms with Gasteiger partial charge in [0.15, 0.2) is 0 Å². The molecule has 29 heavy (non-hydrogen) atoms. The molecule has 1 saturated carbocycles. The first-order valence-corrected chi connectivity index (χ1v) is 9.29. The zero-order valence-electron chi connectivity index (χ0n) is 16.1. The van der Waals surface area contributed by atoms with Crippen molar-refractivity contribution in [2.45, 2.75) is 32.2 Å². The molecule has 2 N–H and O–H groups in total. The third-order valence-corrected chi connectivity index (χ3v) is 4.83. The summed E-state index contributed by atoms with van der Waals surface area (Å²) in [5.74, 6) is -0.0223. The molecule has 0 saturated heterocycles. The molecule has 0 aliphatic heterocycles. The van der Waals surface area contributed by atoms with Crippen LogP contribution in [0.25, 0.3) is 22.2 Å². The minimum Gasteiger partial charge on any atom is -0.396 e. The highest BCUT2D eigenvalue weighted by Gasteiger charge is 2.20. The van der Waals surface area contributed by atoms with Crippen molar-refractivity contribution in [2.24, 2.45) is 5.16 Å². The van der Waals surface area contributed by atoms with E-state index in [2.05, 4.69) is 20.7 Å². The van der Waals surface area contributed by atoms with Crippen molar-refractivity contribution in [3.8, 4) is 11.3 Å². The number of carbonyl (C=O) groups excluding carboxylic acids is 1. The van der Waals surface area contributed by atoms with Crippen molar-refractivity contribution in [2.75, 3.05) is 6.61 Å². The predicted molar refractivity (Wildman–Crippen MR) is 120 cm³/mol. The fraction of sp³-hybridized carbons (Fsp3) is 0.286. The summed E-state index contributed by atoms with van der Waals surface area (Å²) in [5.41, 5.74) is 4.24. The number of carbonyl (C=O) groups is 1. The summed E-state index contributed by atoms with van der Waals surface area (Å²) in [6.45, 7) is 2.42. The first kappa shape index (κ1) is 22.7. The summed E-state index contributed by atoms with van der Waals surface area (Å²) in [5, 5.41) is 15.5. The molecule has 154 valence electrons. The number of amides is 1. The van der Waals surface area contributed by atoms with Crippen molar-refractivity contribution >= 4 is 47.8 Å². The van der Waals surface area contributed by atoms with Gasteiger partial charge < -0.3 is 10.2 Å². The minimum absolute atomic E-state index is 0. The van der Waals surface area contributed by atoms with Crippen LogP contribution in [0.4, 0.5) is 0 Å². The molecule has 3 aromatic rings. The van der Waals surface area contributed by atoms with Crippen LogP contribution in [0.15, 0.2) is 47.6 Å². The molecular formula is C21H24Cl2N4O2. The zero-order chi connectivity index (χ0) is 18.6. The number of aromatic amines is 1. The van der Waals surface area contributed by atoms with Crippen molar-refractivity contribution in [3.63, 3.8) is 0 Å². The summed E-state index contributed by atoms with van der Waals surface area (Å²) in [7, 11) is 0. The molecule has 1 amide bonds. The van der Waals surface area contributed by atoms with E-state index >= 15 is 0 Å². The molecule has 1 aliphatic carbocycles. The second-order valence-electron chi connectivity index (χ2n) is 6.71. The Bertz CT molecular complexity index is 999. The highest BCUT2D eigenvalue weighted by atomic mass is 35.5. The molecule has 0 spiro atoms. The lowest BCUT2D eigenvalue weighted by Gasteiger charge is -2.26. The van der Waals surface area contributed by atoms with Crippen LogP contribution >= 0.6 is 24.8 Å². The smallest absolute Gasteiger partial charge is 0.251 e. The van der Waals surface area contributed by atoms with Crippen LogP contribution in [0.1, 0.15) is 42.1 Å². The average Bonchev–Trinajstić information content (AvgIpc) is 3.08. The van der Waals surface area contributed by atoms with E-state index in [0.29, 0.717) is 18.2 Å². The number of fused-ring (bicyclic) bond motifs is 1. The topological polar surface area (TPSA) is 79.4 Å². The Balaban J connectivity index is 0.00000150. The maximum Gasteiger partial charge on any atom is 0.251 e. The highest BCUT2D eigenvalue weighted by molar-refractivity contribution is 5.99. The van der Waals surface area contributed by atoms with Gasteiger partial charge in [-0.2, -0.15) is 5.10 Å². The van der Waals surface area contributed by atoms with E-state index in [-0.39, 0.29) is 30.7 Å². The van der Waals surface area contributed by atoms with Crippen LogP contribution in [0.5, 0.6) is 0 Å². The van der Waals surface area contributed by atoms with Crippen molar-refractivity contribution < 1.29 is 9.63 Å². The van der Waals surface area contributed by atoms with Gasteiger partial charge in [-0.15, -0.1) is 24.8 Å². The van der Waals surface area contributed by atoms with E-state index in [4.69, 9.17) is 4.84 Å². The zero-order valence-corrected chi connectivity index (χ0v) is 17.7. The number of H-pyrrole nitrogens is 1. The lowest BCUT2D eigenvalue weighted by Crippen LogP contribution is -2.39. The molecule has 1 fully saturated rings. The molecule has 0 unspecified atom stereocenters. The van der Waals surface area contributed by atoms with Crippen LogP contribution in [-0.4, -0.2) is 35.0 Å². The van der Waals surface area contributed by atoms with E-state index in [1.54, 1.807) is 6.21 Å². The molecule has 0 bridgehead atoms. The second kappa shape index (κ2) is 10.3. The van der Waals surface area contributed by atoms with Gasteiger partial charge in [-0.1, -0.05) is 23.4 Å². The maximum absolute atomic E-state index is 12.5. The Labute approximate surface area is 181 Å². The van der Waals surface area contributed by atoms with Crippen molar-refractivity contribution in [1.29, 1.82) is 0 Å². The summed E-state index contributed by atoms with van der Waals surface area (Å²) >= 11 is 0. The normalized spacial score (nSPS) is 13.4. The lowest BCUT2D eigenvalue weighted by molar-refractivity contribution is 0.0917. The monoisotopic (exact) mass is 434 g/mol. The van der Waals surface area contributed by atoms with Crippen LogP contribution in [0.2, 0.25) is 0 Å². The molecule has 1 heterocycles. The van der Waals surface area contributed by atoms with Gasteiger partial charge in [0.05, 0.1) is 17.4 Å². The van der Waals surface area contributed by atoms with Gasteiger partial charge in [0.1, 0.15) is 6.61 Å². The van der Waals surface area contributed by atoms with Crippen molar-refractivity contribution in [1.82, 2.24) is 15.5 Å². The largest absolute Gasteiger partial charge is 0.396 e. The van der Waals surface area contributed by atoms with Crippen LogP contribution < -0.4 is 5.32 Å². The number of nitrogens with zero attached hydrogens (tertiary/aromatic N) is 2. The first-order valence-electron chi connectivity index (χ1n) is 9.29. The van der Waals surface area contributed by atoms with Gasteiger partial charge >= 0.3 is 0 Å². The van der Waals surface area contributed by atoms with Crippen LogP contribution in [0, 0.1) is 0 Å². The second-order valence-corrected chi connectivity index (χ2v) is 6.71. The average molecular weight is 435 g/mol. The van der Waals surface area contributed by atoms with E-state index in [1.165, 1.54) is 6.42 Å². The number of benzene rings is 2.